The Morgan fingerprint density at radius 1 is 1.36 bits per heavy atom. The second-order valence-corrected chi connectivity index (χ2v) is 6.23. The molecule has 0 saturated carbocycles. The molecule has 0 spiro atoms. The summed E-state index contributed by atoms with van der Waals surface area (Å²) in [6.07, 6.45) is 0.359. The molecule has 0 saturated heterocycles. The molecule has 3 rings (SSSR count). The fourth-order valence-electron chi connectivity index (χ4n) is 3.49. The Morgan fingerprint density at radius 2 is 2.09 bits per heavy atom. The summed E-state index contributed by atoms with van der Waals surface area (Å²) in [7, 11) is 6.02. The first kappa shape index (κ1) is 15.1. The smallest absolute Gasteiger partial charge is 0.130 e. The number of nitrogens with one attached hydrogen (secondary N) is 1. The minimum Gasteiger partial charge on any atom is -0.391 e. The van der Waals surface area contributed by atoms with Crippen LogP contribution in [-0.4, -0.2) is 35.1 Å². The lowest BCUT2D eigenvalue weighted by Crippen LogP contribution is -2.29. The number of aryl methyl sites for hydroxylation is 2. The van der Waals surface area contributed by atoms with Gasteiger partial charge >= 0.3 is 0 Å². The first-order chi connectivity index (χ1) is 10.5. The van der Waals surface area contributed by atoms with Gasteiger partial charge in [0.25, 0.3) is 0 Å². The van der Waals surface area contributed by atoms with Gasteiger partial charge in [0.15, 0.2) is 0 Å². The van der Waals surface area contributed by atoms with Crippen molar-refractivity contribution in [2.75, 3.05) is 19.0 Å². The highest BCUT2D eigenvalue weighted by Crippen LogP contribution is 2.32. The van der Waals surface area contributed by atoms with Crippen LogP contribution in [0.5, 0.6) is 0 Å². The Labute approximate surface area is 131 Å². The zero-order chi connectivity index (χ0) is 15.9. The van der Waals surface area contributed by atoms with Gasteiger partial charge in [-0.15, -0.1) is 0 Å². The Hall–Kier alpha value is -1.85. The van der Waals surface area contributed by atoms with E-state index < -0.39 is 0 Å². The Morgan fingerprint density at radius 3 is 2.82 bits per heavy atom. The van der Waals surface area contributed by atoms with Gasteiger partial charge in [0, 0.05) is 39.7 Å². The summed E-state index contributed by atoms with van der Waals surface area (Å²) in [4.78, 5) is 2.08. The number of anilines is 1. The predicted octanol–water partition coefficient (Wildman–Crippen LogP) is 1.54. The van der Waals surface area contributed by atoms with Crippen LogP contribution < -0.4 is 10.2 Å². The third-order valence-corrected chi connectivity index (χ3v) is 4.44. The fourth-order valence-corrected chi connectivity index (χ4v) is 3.49. The average Bonchev–Trinajstić information content (AvgIpc) is 2.92. The van der Waals surface area contributed by atoms with Crippen LogP contribution in [-0.2, 0) is 20.0 Å². The molecule has 22 heavy (non-hydrogen) atoms. The van der Waals surface area contributed by atoms with E-state index in [0.29, 0.717) is 6.54 Å². The van der Waals surface area contributed by atoms with Crippen LogP contribution in [0.25, 0.3) is 0 Å². The molecule has 2 aromatic rings. The van der Waals surface area contributed by atoms with Gasteiger partial charge in [0.2, 0.25) is 0 Å². The zero-order valence-corrected chi connectivity index (χ0v) is 13.7. The van der Waals surface area contributed by atoms with Gasteiger partial charge in [-0.05, 0) is 18.1 Å². The molecule has 0 amide bonds. The second-order valence-electron chi connectivity index (χ2n) is 6.23. The maximum Gasteiger partial charge on any atom is 0.130 e. The molecule has 5 heteroatoms. The van der Waals surface area contributed by atoms with Gasteiger partial charge in [-0.25, -0.2) is 0 Å². The number of hydrogen-bond acceptors (Lipinski definition) is 4. The standard InChI is InChI=1S/C17H24N4O/c1-11-14(17(20(2)3)21(4)19-11)10-18-16-13-8-6-5-7-12(13)9-15(16)22/h5-8,15-16,18,22H,9-10H2,1-4H3/t15-,16+/m0/s1. The monoisotopic (exact) mass is 300 g/mol. The molecule has 0 radical (unpaired) electrons. The molecular formula is C17H24N4O. The second kappa shape index (κ2) is 5.74. The summed E-state index contributed by atoms with van der Waals surface area (Å²) in [6, 6.07) is 8.26. The number of benzene rings is 1. The topological polar surface area (TPSA) is 53.3 Å². The van der Waals surface area contributed by atoms with Crippen molar-refractivity contribution in [1.29, 1.82) is 0 Å². The molecule has 0 unspecified atom stereocenters. The predicted molar refractivity (Wildman–Crippen MR) is 88.0 cm³/mol. The zero-order valence-electron chi connectivity index (χ0n) is 13.7. The van der Waals surface area contributed by atoms with Crippen molar-refractivity contribution in [3.05, 3.63) is 46.6 Å². The van der Waals surface area contributed by atoms with Crippen LogP contribution in [0, 0.1) is 6.92 Å². The molecule has 2 N–H and O–H groups in total. The third-order valence-electron chi connectivity index (χ3n) is 4.44. The van der Waals surface area contributed by atoms with Crippen LogP contribution in [0.2, 0.25) is 0 Å². The van der Waals surface area contributed by atoms with E-state index in [4.69, 9.17) is 0 Å². The van der Waals surface area contributed by atoms with Crippen molar-refractivity contribution in [3.63, 3.8) is 0 Å². The van der Waals surface area contributed by atoms with E-state index in [1.165, 1.54) is 16.7 Å². The SMILES string of the molecule is Cc1nn(C)c(N(C)C)c1CN[C@@H]1c2ccccc2C[C@@H]1O. The van der Waals surface area contributed by atoms with Crippen molar-refractivity contribution in [1.82, 2.24) is 15.1 Å². The highest BCUT2D eigenvalue weighted by molar-refractivity contribution is 5.49. The molecule has 118 valence electrons. The van der Waals surface area contributed by atoms with Gasteiger partial charge < -0.3 is 15.3 Å². The maximum absolute atomic E-state index is 10.3. The van der Waals surface area contributed by atoms with Gasteiger partial charge in [0.1, 0.15) is 5.82 Å². The molecule has 5 nitrogen and oxygen atoms in total. The van der Waals surface area contributed by atoms with Gasteiger partial charge in [-0.3, -0.25) is 4.68 Å². The molecule has 0 aliphatic heterocycles. The molecule has 1 aliphatic carbocycles. The van der Waals surface area contributed by atoms with Gasteiger partial charge in [-0.2, -0.15) is 5.10 Å². The van der Waals surface area contributed by atoms with E-state index in [2.05, 4.69) is 27.4 Å². The molecule has 1 aromatic carbocycles. The number of aliphatic hydroxyl groups excluding tert-OH is 1. The number of fused-ring (bicyclic) bond motifs is 1. The van der Waals surface area contributed by atoms with Crippen molar-refractivity contribution in [3.8, 4) is 0 Å². The van der Waals surface area contributed by atoms with Crippen molar-refractivity contribution in [2.45, 2.75) is 32.0 Å². The Balaban J connectivity index is 1.82. The summed E-state index contributed by atoms with van der Waals surface area (Å²) in [6.45, 7) is 2.73. The molecular weight excluding hydrogens is 276 g/mol. The summed E-state index contributed by atoms with van der Waals surface area (Å²) < 4.78 is 1.91. The Kier molecular flexibility index (Phi) is 3.93. The summed E-state index contributed by atoms with van der Waals surface area (Å²) in [5, 5.41) is 18.4. The first-order valence-electron chi connectivity index (χ1n) is 7.68. The van der Waals surface area contributed by atoms with E-state index >= 15 is 0 Å². The van der Waals surface area contributed by atoms with Gasteiger partial charge in [-0.1, -0.05) is 24.3 Å². The van der Waals surface area contributed by atoms with E-state index in [1.54, 1.807) is 0 Å². The number of hydrogen-bond donors (Lipinski definition) is 2. The lowest BCUT2D eigenvalue weighted by molar-refractivity contribution is 0.140. The van der Waals surface area contributed by atoms with Crippen LogP contribution >= 0.6 is 0 Å². The molecule has 1 aromatic heterocycles. The normalized spacial score (nSPS) is 20.2. The molecule has 0 bridgehead atoms. The largest absolute Gasteiger partial charge is 0.391 e. The number of nitrogens with zero attached hydrogens (tertiary/aromatic N) is 3. The van der Waals surface area contributed by atoms with E-state index in [-0.39, 0.29) is 12.1 Å². The lowest BCUT2D eigenvalue weighted by Gasteiger charge is -2.20. The lowest BCUT2D eigenvalue weighted by atomic mass is 10.1. The quantitative estimate of drug-likeness (QED) is 0.899. The van der Waals surface area contributed by atoms with Crippen molar-refractivity contribution in [2.24, 2.45) is 7.05 Å². The summed E-state index contributed by atoms with van der Waals surface area (Å²) in [5.41, 5.74) is 4.66. The van der Waals surface area contributed by atoms with Crippen LogP contribution in [0.15, 0.2) is 24.3 Å². The average molecular weight is 300 g/mol. The van der Waals surface area contributed by atoms with Crippen LogP contribution in [0.1, 0.15) is 28.4 Å². The number of rotatable bonds is 4. The van der Waals surface area contributed by atoms with E-state index in [1.807, 2.05) is 44.9 Å². The molecule has 2 atom stereocenters. The minimum atomic E-state index is -0.364. The summed E-state index contributed by atoms with van der Waals surface area (Å²) in [5.74, 6) is 1.10. The van der Waals surface area contributed by atoms with E-state index in [9.17, 15) is 5.11 Å². The van der Waals surface area contributed by atoms with Crippen LogP contribution in [0.4, 0.5) is 5.82 Å². The molecule has 1 aliphatic rings. The number of aliphatic hydroxyl groups is 1. The van der Waals surface area contributed by atoms with Gasteiger partial charge in [0.05, 0.1) is 17.8 Å². The number of aromatic nitrogens is 2. The molecule has 1 heterocycles. The van der Waals surface area contributed by atoms with Crippen LogP contribution in [0.3, 0.4) is 0 Å². The van der Waals surface area contributed by atoms with Crippen molar-refractivity contribution < 1.29 is 5.11 Å². The highest BCUT2D eigenvalue weighted by atomic mass is 16.3. The Bertz CT molecular complexity index is 677. The molecule has 0 fully saturated rings. The summed E-state index contributed by atoms with van der Waals surface area (Å²) >= 11 is 0. The van der Waals surface area contributed by atoms with Crippen molar-refractivity contribution >= 4 is 5.82 Å². The fraction of sp³-hybridized carbons (Fsp3) is 0.471. The van der Waals surface area contributed by atoms with E-state index in [0.717, 1.165) is 17.9 Å². The first-order valence-corrected chi connectivity index (χ1v) is 7.68. The third kappa shape index (κ3) is 2.51. The highest BCUT2D eigenvalue weighted by Gasteiger charge is 2.30. The maximum atomic E-state index is 10.3. The minimum absolute atomic E-state index is 0.00850.